The van der Waals surface area contributed by atoms with Crippen LogP contribution in [0.1, 0.15) is 72.3 Å². The van der Waals surface area contributed by atoms with Crippen LogP contribution in [0.5, 0.6) is 5.75 Å². The second-order valence-electron chi connectivity index (χ2n) is 11.2. The molecule has 0 saturated carbocycles. The lowest BCUT2D eigenvalue weighted by Gasteiger charge is -2.29. The monoisotopic (exact) mass is 645 g/mol. The fourth-order valence-corrected chi connectivity index (χ4v) is 5.80. The summed E-state index contributed by atoms with van der Waals surface area (Å²) in [4.78, 5) is 1.24. The van der Waals surface area contributed by atoms with Gasteiger partial charge >= 0.3 is 0 Å². The van der Waals surface area contributed by atoms with E-state index in [0.717, 1.165) is 73.9 Å². The van der Waals surface area contributed by atoms with Gasteiger partial charge in [-0.25, -0.2) is 8.82 Å². The zero-order valence-corrected chi connectivity index (χ0v) is 29.8. The summed E-state index contributed by atoms with van der Waals surface area (Å²) >= 11 is 1.85. The Kier molecular flexibility index (Phi) is 20.9. The normalized spacial score (nSPS) is 13.7. The van der Waals surface area contributed by atoms with Gasteiger partial charge in [0.1, 0.15) is 5.75 Å². The number of benzene rings is 1. The van der Waals surface area contributed by atoms with Gasteiger partial charge in [-0.1, -0.05) is 47.1 Å². The van der Waals surface area contributed by atoms with Crippen LogP contribution < -0.4 is 4.74 Å². The van der Waals surface area contributed by atoms with Crippen molar-refractivity contribution in [3.05, 3.63) is 48.3 Å². The van der Waals surface area contributed by atoms with Crippen molar-refractivity contribution < 1.29 is 23.7 Å². The van der Waals surface area contributed by atoms with E-state index in [1.165, 1.54) is 29.7 Å². The second kappa shape index (κ2) is 24.1. The Morgan fingerprint density at radius 2 is 1.47 bits per heavy atom. The maximum Gasteiger partial charge on any atom is 0.127 e. The van der Waals surface area contributed by atoms with Gasteiger partial charge in [0.05, 0.1) is 51.9 Å². The van der Waals surface area contributed by atoms with E-state index in [2.05, 4.69) is 68.3 Å². The van der Waals surface area contributed by atoms with Crippen LogP contribution >= 0.6 is 11.9 Å². The van der Waals surface area contributed by atoms with Crippen molar-refractivity contribution in [1.29, 1.82) is 0 Å². The van der Waals surface area contributed by atoms with Crippen molar-refractivity contribution in [2.45, 2.75) is 78.0 Å². The highest BCUT2D eigenvalue weighted by molar-refractivity contribution is 7.97. The quantitative estimate of drug-likeness (QED) is 0.108. The Hall–Kier alpha value is -2.14. The maximum absolute atomic E-state index is 5.76. The molecule has 1 saturated heterocycles. The van der Waals surface area contributed by atoms with Gasteiger partial charge in [0, 0.05) is 55.6 Å². The van der Waals surface area contributed by atoms with Crippen LogP contribution in [0.3, 0.4) is 0 Å². The Balaban J connectivity index is 0.000000371. The lowest BCUT2D eigenvalue weighted by molar-refractivity contribution is 0.0148. The third kappa shape index (κ3) is 14.4. The van der Waals surface area contributed by atoms with Gasteiger partial charge in [-0.05, 0) is 79.8 Å². The zero-order chi connectivity index (χ0) is 32.7. The van der Waals surface area contributed by atoms with Crippen LogP contribution in [-0.4, -0.2) is 87.5 Å². The lowest BCUT2D eigenvalue weighted by Crippen LogP contribution is -2.27. The van der Waals surface area contributed by atoms with E-state index < -0.39 is 0 Å². The van der Waals surface area contributed by atoms with Crippen LogP contribution in [0.25, 0.3) is 16.6 Å². The van der Waals surface area contributed by atoms with Gasteiger partial charge in [-0.2, -0.15) is 5.10 Å². The van der Waals surface area contributed by atoms with Crippen LogP contribution in [0, 0.1) is 5.92 Å². The minimum Gasteiger partial charge on any atom is -0.496 e. The first-order chi connectivity index (χ1) is 22.0. The van der Waals surface area contributed by atoms with Crippen molar-refractivity contribution in [2.75, 3.05) is 73.6 Å². The largest absolute Gasteiger partial charge is 0.496 e. The molecule has 9 heteroatoms. The Bertz CT molecular complexity index is 1160. The van der Waals surface area contributed by atoms with Crippen LogP contribution in [0.2, 0.25) is 0 Å². The van der Waals surface area contributed by atoms with Crippen LogP contribution in [0.4, 0.5) is 0 Å². The molecule has 0 unspecified atom stereocenters. The minimum atomic E-state index is 0.676. The Morgan fingerprint density at radius 3 is 2.04 bits per heavy atom. The topological polar surface area (TPSA) is 66.7 Å². The van der Waals surface area contributed by atoms with Crippen molar-refractivity contribution in [3.8, 4) is 16.9 Å². The highest BCUT2D eigenvalue weighted by atomic mass is 32.2. The number of piperidine rings is 1. The summed E-state index contributed by atoms with van der Waals surface area (Å²) in [6, 6.07) is 10.7. The highest BCUT2D eigenvalue weighted by Crippen LogP contribution is 2.41. The van der Waals surface area contributed by atoms with Crippen molar-refractivity contribution in [3.63, 3.8) is 0 Å². The van der Waals surface area contributed by atoms with Gasteiger partial charge in [0.2, 0.25) is 0 Å². The van der Waals surface area contributed by atoms with Crippen molar-refractivity contribution in [2.24, 2.45) is 5.92 Å². The molecule has 4 rings (SSSR count). The number of aromatic nitrogens is 2. The number of methoxy groups -OCH3 is 2. The molecule has 1 fully saturated rings. The molecule has 0 bridgehead atoms. The number of rotatable bonds is 17. The number of nitrogens with zero attached hydrogens (tertiary/aromatic N) is 3. The van der Waals surface area contributed by atoms with E-state index in [9.17, 15) is 0 Å². The molecule has 1 aliphatic rings. The first kappa shape index (κ1) is 39.0. The second-order valence-corrected chi connectivity index (χ2v) is 12.4. The Morgan fingerprint density at radius 1 is 0.844 bits per heavy atom. The summed E-state index contributed by atoms with van der Waals surface area (Å²) in [5.74, 6) is 1.73. The van der Waals surface area contributed by atoms with Crippen LogP contribution in [-0.2, 0) is 25.4 Å². The molecule has 0 atom stereocenters. The zero-order valence-electron chi connectivity index (χ0n) is 29.0. The molecule has 0 amide bonds. The predicted octanol–water partition coefficient (Wildman–Crippen LogP) is 8.21. The third-order valence-corrected chi connectivity index (χ3v) is 8.24. The van der Waals surface area contributed by atoms with Crippen molar-refractivity contribution in [1.82, 2.24) is 13.9 Å². The van der Waals surface area contributed by atoms with E-state index >= 15 is 0 Å². The maximum atomic E-state index is 5.76. The van der Waals surface area contributed by atoms with Gasteiger partial charge < -0.3 is 23.7 Å². The summed E-state index contributed by atoms with van der Waals surface area (Å²) in [5.41, 5.74) is 4.62. The molecule has 0 N–H and O–H groups in total. The molecule has 8 nitrogen and oxygen atoms in total. The average molecular weight is 646 g/mol. The molecule has 0 radical (unpaired) electrons. The smallest absolute Gasteiger partial charge is 0.127 e. The molecule has 3 heterocycles. The summed E-state index contributed by atoms with van der Waals surface area (Å²) in [6.45, 7) is 18.1. The van der Waals surface area contributed by atoms with Crippen LogP contribution in [0.15, 0.2) is 47.6 Å². The SMILES string of the molecule is CCC.CCCOCCOCCOCCC.COCCc1cnn2ccc(-c3c(OC)cccc3SN3CCC(C)CC3)cc12. The number of fused-ring (bicyclic) bond motifs is 1. The van der Waals surface area contributed by atoms with Gasteiger partial charge in [0.25, 0.3) is 0 Å². The number of hydrogen-bond donors (Lipinski definition) is 0. The van der Waals surface area contributed by atoms with E-state index in [1.807, 2.05) is 34.9 Å². The van der Waals surface area contributed by atoms with Crippen molar-refractivity contribution >= 4 is 17.5 Å². The van der Waals surface area contributed by atoms with Gasteiger partial charge in [-0.3, -0.25) is 0 Å². The molecule has 1 aliphatic heterocycles. The Labute approximate surface area is 277 Å². The average Bonchev–Trinajstić information content (AvgIpc) is 3.46. The molecule has 2 aromatic heterocycles. The number of hydrogen-bond acceptors (Lipinski definition) is 8. The molecular weight excluding hydrogens is 586 g/mol. The fraction of sp³-hybridized carbons (Fsp3) is 0.639. The van der Waals surface area contributed by atoms with Gasteiger partial charge in [-0.15, -0.1) is 0 Å². The summed E-state index contributed by atoms with van der Waals surface area (Å²) in [5, 5.41) is 4.49. The molecule has 3 aromatic rings. The molecule has 0 spiro atoms. The predicted molar refractivity (Wildman–Crippen MR) is 188 cm³/mol. The fourth-order valence-electron chi connectivity index (χ4n) is 4.68. The molecule has 254 valence electrons. The molecule has 45 heavy (non-hydrogen) atoms. The number of ether oxygens (including phenoxy) is 5. The van der Waals surface area contributed by atoms with E-state index in [0.29, 0.717) is 33.0 Å². The molecular formula is C36H59N3O5S. The first-order valence-corrected chi connectivity index (χ1v) is 17.6. The number of pyridine rings is 1. The first-order valence-electron chi connectivity index (χ1n) is 16.8. The lowest BCUT2D eigenvalue weighted by atomic mass is 10.0. The summed E-state index contributed by atoms with van der Waals surface area (Å²) in [7, 11) is 3.48. The molecule has 1 aromatic carbocycles. The third-order valence-electron chi connectivity index (χ3n) is 7.08. The summed E-state index contributed by atoms with van der Waals surface area (Å²) < 4.78 is 31.2. The van der Waals surface area contributed by atoms with Gasteiger partial charge in [0.15, 0.2) is 0 Å². The summed E-state index contributed by atoms with van der Waals surface area (Å²) in [6.07, 6.45) is 10.7. The highest BCUT2D eigenvalue weighted by Gasteiger charge is 2.20. The standard InChI is InChI=1S/C23H29N3O2S.C10H22O3.C3H8/c1-17-7-11-25(12-8-17)29-22-6-4-5-21(28-3)23(22)18-9-13-26-20(15-18)19(16-24-26)10-14-27-2;1-3-5-11-7-9-13-10-8-12-6-4-2;1-3-2/h4-6,9,13,15-17H,7-8,10-12,14H2,1-3H3;3-10H2,1-2H3;3H2,1-2H3. The van der Waals surface area contributed by atoms with E-state index in [1.54, 1.807) is 14.2 Å². The van der Waals surface area contributed by atoms with E-state index in [4.69, 9.17) is 23.7 Å². The molecule has 0 aliphatic carbocycles. The minimum absolute atomic E-state index is 0.676. The van der Waals surface area contributed by atoms with E-state index in [-0.39, 0.29) is 0 Å².